The number of imidazole rings is 1. The molecule has 2 aromatic rings. The van der Waals surface area contributed by atoms with Crippen molar-refractivity contribution in [1.82, 2.24) is 14.9 Å². The van der Waals surface area contributed by atoms with Gasteiger partial charge in [-0.25, -0.2) is 4.98 Å². The summed E-state index contributed by atoms with van der Waals surface area (Å²) >= 11 is 0. The molecular formula is C13H19N3O. The van der Waals surface area contributed by atoms with Crippen LogP contribution in [0.25, 0.3) is 0 Å². The van der Waals surface area contributed by atoms with Crippen molar-refractivity contribution in [2.75, 3.05) is 0 Å². The zero-order chi connectivity index (χ0) is 12.3. The molecule has 0 spiro atoms. The number of furan rings is 1. The number of nitrogens with one attached hydrogen (secondary N) is 1. The standard InChI is InChI=1S/C13H19N3O/c1-10(9-12-5-4-8-17-12)15-11(2)13-14-6-7-16(13)3/h4-8,10-11,15H,9H2,1-3H3. The van der Waals surface area contributed by atoms with E-state index in [0.29, 0.717) is 6.04 Å². The van der Waals surface area contributed by atoms with Crippen molar-refractivity contribution in [2.24, 2.45) is 7.05 Å². The predicted octanol–water partition coefficient (Wildman–Crippen LogP) is 2.29. The highest BCUT2D eigenvalue weighted by Crippen LogP contribution is 2.11. The lowest BCUT2D eigenvalue weighted by molar-refractivity contribution is 0.417. The van der Waals surface area contributed by atoms with Crippen LogP contribution in [0.5, 0.6) is 0 Å². The topological polar surface area (TPSA) is 43.0 Å². The van der Waals surface area contributed by atoms with Gasteiger partial charge in [0, 0.05) is 31.9 Å². The van der Waals surface area contributed by atoms with Gasteiger partial charge in [0.1, 0.15) is 11.6 Å². The molecule has 0 aromatic carbocycles. The first-order valence-electron chi connectivity index (χ1n) is 5.92. The smallest absolute Gasteiger partial charge is 0.125 e. The number of aromatic nitrogens is 2. The second-order valence-corrected chi connectivity index (χ2v) is 4.47. The van der Waals surface area contributed by atoms with Gasteiger partial charge in [-0.05, 0) is 26.0 Å². The van der Waals surface area contributed by atoms with E-state index in [-0.39, 0.29) is 6.04 Å². The first kappa shape index (κ1) is 11.9. The molecule has 4 nitrogen and oxygen atoms in total. The molecule has 1 N–H and O–H groups in total. The SMILES string of the molecule is CC(Cc1ccco1)NC(C)c1nccn1C. The maximum atomic E-state index is 5.34. The Kier molecular flexibility index (Phi) is 3.64. The highest BCUT2D eigenvalue weighted by Gasteiger charge is 2.13. The zero-order valence-electron chi connectivity index (χ0n) is 10.6. The minimum Gasteiger partial charge on any atom is -0.469 e. The maximum absolute atomic E-state index is 5.34. The molecule has 2 unspecified atom stereocenters. The molecule has 0 fully saturated rings. The van der Waals surface area contributed by atoms with Crippen LogP contribution in [0.2, 0.25) is 0 Å². The van der Waals surface area contributed by atoms with Gasteiger partial charge in [0.2, 0.25) is 0 Å². The Balaban J connectivity index is 1.90. The summed E-state index contributed by atoms with van der Waals surface area (Å²) in [6.45, 7) is 4.28. The number of hydrogen-bond acceptors (Lipinski definition) is 3. The van der Waals surface area contributed by atoms with E-state index in [2.05, 4.69) is 24.1 Å². The van der Waals surface area contributed by atoms with E-state index in [1.807, 2.05) is 36.1 Å². The number of rotatable bonds is 5. The summed E-state index contributed by atoms with van der Waals surface area (Å²) in [6, 6.07) is 4.52. The molecule has 4 heteroatoms. The molecule has 0 saturated carbocycles. The first-order chi connectivity index (χ1) is 8.16. The molecule has 2 atom stereocenters. The maximum Gasteiger partial charge on any atom is 0.125 e. The molecule has 17 heavy (non-hydrogen) atoms. The highest BCUT2D eigenvalue weighted by molar-refractivity contribution is 5.02. The molecule has 2 aromatic heterocycles. The number of hydrogen-bond donors (Lipinski definition) is 1. The molecular weight excluding hydrogens is 214 g/mol. The summed E-state index contributed by atoms with van der Waals surface area (Å²) in [5.41, 5.74) is 0. The monoisotopic (exact) mass is 233 g/mol. The summed E-state index contributed by atoms with van der Waals surface area (Å²) in [4.78, 5) is 4.34. The van der Waals surface area contributed by atoms with Gasteiger partial charge in [-0.1, -0.05) is 0 Å². The molecule has 0 aliphatic heterocycles. The van der Waals surface area contributed by atoms with Gasteiger partial charge < -0.3 is 14.3 Å². The molecule has 0 aliphatic carbocycles. The van der Waals surface area contributed by atoms with E-state index in [1.54, 1.807) is 6.26 Å². The summed E-state index contributed by atoms with van der Waals surface area (Å²) in [5, 5.41) is 3.52. The first-order valence-corrected chi connectivity index (χ1v) is 5.92. The van der Waals surface area contributed by atoms with E-state index in [4.69, 9.17) is 4.42 Å². The van der Waals surface area contributed by atoms with E-state index in [9.17, 15) is 0 Å². The molecule has 0 aliphatic rings. The van der Waals surface area contributed by atoms with Crippen molar-refractivity contribution >= 4 is 0 Å². The van der Waals surface area contributed by atoms with E-state index in [1.165, 1.54) is 0 Å². The van der Waals surface area contributed by atoms with Gasteiger partial charge in [-0.2, -0.15) is 0 Å². The van der Waals surface area contributed by atoms with Gasteiger partial charge in [0.15, 0.2) is 0 Å². The van der Waals surface area contributed by atoms with E-state index >= 15 is 0 Å². The Labute approximate surface area is 102 Å². The fraction of sp³-hybridized carbons (Fsp3) is 0.462. The third-order valence-corrected chi connectivity index (χ3v) is 2.87. The minimum absolute atomic E-state index is 0.236. The predicted molar refractivity (Wildman–Crippen MR) is 66.6 cm³/mol. The Hall–Kier alpha value is -1.55. The number of nitrogens with zero attached hydrogens (tertiary/aromatic N) is 2. The molecule has 0 saturated heterocycles. The largest absolute Gasteiger partial charge is 0.469 e. The summed E-state index contributed by atoms with van der Waals surface area (Å²) in [5.74, 6) is 2.06. The van der Waals surface area contributed by atoms with Crippen molar-refractivity contribution in [3.63, 3.8) is 0 Å². The van der Waals surface area contributed by atoms with E-state index in [0.717, 1.165) is 18.0 Å². The Morgan fingerprint density at radius 3 is 2.88 bits per heavy atom. The molecule has 0 amide bonds. The second-order valence-electron chi connectivity index (χ2n) is 4.47. The highest BCUT2D eigenvalue weighted by atomic mass is 16.3. The van der Waals surface area contributed by atoms with E-state index < -0.39 is 0 Å². The summed E-state index contributed by atoms with van der Waals surface area (Å²) < 4.78 is 7.38. The van der Waals surface area contributed by atoms with Gasteiger partial charge in [0.05, 0.1) is 12.3 Å². The normalized spacial score (nSPS) is 14.8. The second kappa shape index (κ2) is 5.19. The van der Waals surface area contributed by atoms with Gasteiger partial charge in [0.25, 0.3) is 0 Å². The fourth-order valence-corrected chi connectivity index (χ4v) is 2.09. The van der Waals surface area contributed by atoms with Crippen molar-refractivity contribution in [3.8, 4) is 0 Å². The van der Waals surface area contributed by atoms with Crippen LogP contribution in [0.15, 0.2) is 35.2 Å². The van der Waals surface area contributed by atoms with Crippen LogP contribution in [0.1, 0.15) is 31.5 Å². The summed E-state index contributed by atoms with van der Waals surface area (Å²) in [7, 11) is 2.01. The van der Waals surface area contributed by atoms with Crippen LogP contribution in [-0.2, 0) is 13.5 Å². The Bertz CT molecular complexity index is 447. The van der Waals surface area contributed by atoms with Crippen molar-refractivity contribution in [1.29, 1.82) is 0 Å². The lowest BCUT2D eigenvalue weighted by atomic mass is 10.1. The van der Waals surface area contributed by atoms with Crippen LogP contribution < -0.4 is 5.32 Å². The van der Waals surface area contributed by atoms with Crippen LogP contribution in [0, 0.1) is 0 Å². The van der Waals surface area contributed by atoms with Crippen molar-refractivity contribution in [3.05, 3.63) is 42.4 Å². The zero-order valence-corrected chi connectivity index (χ0v) is 10.6. The fourth-order valence-electron chi connectivity index (χ4n) is 2.09. The summed E-state index contributed by atoms with van der Waals surface area (Å²) in [6.07, 6.45) is 6.39. The third kappa shape index (κ3) is 2.97. The van der Waals surface area contributed by atoms with Gasteiger partial charge in [-0.15, -0.1) is 0 Å². The third-order valence-electron chi connectivity index (χ3n) is 2.87. The quantitative estimate of drug-likeness (QED) is 0.861. The average Bonchev–Trinajstić information content (AvgIpc) is 2.88. The van der Waals surface area contributed by atoms with Crippen LogP contribution in [0.3, 0.4) is 0 Å². The number of aryl methyl sites for hydroxylation is 1. The molecule has 0 radical (unpaired) electrons. The van der Waals surface area contributed by atoms with Crippen molar-refractivity contribution < 1.29 is 4.42 Å². The van der Waals surface area contributed by atoms with Crippen LogP contribution >= 0.6 is 0 Å². The van der Waals surface area contributed by atoms with Crippen molar-refractivity contribution in [2.45, 2.75) is 32.4 Å². The van der Waals surface area contributed by atoms with Crippen LogP contribution in [0.4, 0.5) is 0 Å². The lowest BCUT2D eigenvalue weighted by Crippen LogP contribution is -2.31. The Morgan fingerprint density at radius 2 is 2.29 bits per heavy atom. The minimum atomic E-state index is 0.236. The molecule has 2 heterocycles. The lowest BCUT2D eigenvalue weighted by Gasteiger charge is -2.19. The van der Waals surface area contributed by atoms with Gasteiger partial charge in [-0.3, -0.25) is 0 Å². The average molecular weight is 233 g/mol. The molecule has 0 bridgehead atoms. The molecule has 2 rings (SSSR count). The Morgan fingerprint density at radius 1 is 1.47 bits per heavy atom. The van der Waals surface area contributed by atoms with Gasteiger partial charge >= 0.3 is 0 Å². The molecule has 92 valence electrons. The van der Waals surface area contributed by atoms with Crippen LogP contribution in [-0.4, -0.2) is 15.6 Å².